The molecule has 0 bridgehead atoms. The Morgan fingerprint density at radius 1 is 0.688 bits per heavy atom. The van der Waals surface area contributed by atoms with Crippen LogP contribution in [0.15, 0.2) is 0 Å². The van der Waals surface area contributed by atoms with Crippen LogP contribution < -0.4 is 0 Å². The van der Waals surface area contributed by atoms with Crippen molar-refractivity contribution in [2.75, 3.05) is 0 Å². The van der Waals surface area contributed by atoms with Gasteiger partial charge >= 0.3 is 0 Å². The van der Waals surface area contributed by atoms with Gasteiger partial charge in [0.1, 0.15) is 0 Å². The molecule has 0 saturated heterocycles. The van der Waals surface area contributed by atoms with Crippen LogP contribution in [0.3, 0.4) is 0 Å². The lowest BCUT2D eigenvalue weighted by Crippen LogP contribution is -2.47. The third-order valence-corrected chi connectivity index (χ3v) is 4.14. The topological polar surface area (TPSA) is 40.5 Å². The van der Waals surface area contributed by atoms with E-state index in [2.05, 4.69) is 41.5 Å². The molecule has 1 rings (SSSR count). The van der Waals surface area contributed by atoms with E-state index in [4.69, 9.17) is 0 Å². The second kappa shape index (κ2) is 4.30. The molecule has 0 aromatic heterocycles. The van der Waals surface area contributed by atoms with Crippen LogP contribution in [0.2, 0.25) is 0 Å². The first-order valence-corrected chi connectivity index (χ1v) is 6.39. The average molecular weight is 228 g/mol. The standard InChI is InChI=1S/C14H28O2/c1-13(2,3)9-7-12(16)10(8-11(9)15)14(4,5)6/h9-12,15-16H,7-8H2,1-6H3. The molecule has 0 amide bonds. The maximum Gasteiger partial charge on any atom is 0.0578 e. The van der Waals surface area contributed by atoms with Crippen molar-refractivity contribution >= 4 is 0 Å². The van der Waals surface area contributed by atoms with Gasteiger partial charge in [0.15, 0.2) is 0 Å². The molecule has 0 aromatic carbocycles. The number of aliphatic hydroxyl groups excluding tert-OH is 2. The molecule has 0 aromatic rings. The molecule has 0 radical (unpaired) electrons. The van der Waals surface area contributed by atoms with Gasteiger partial charge in [-0.1, -0.05) is 41.5 Å². The van der Waals surface area contributed by atoms with Gasteiger partial charge in [0.2, 0.25) is 0 Å². The van der Waals surface area contributed by atoms with Gasteiger partial charge in [0.25, 0.3) is 0 Å². The minimum atomic E-state index is -0.271. The van der Waals surface area contributed by atoms with Crippen molar-refractivity contribution in [2.24, 2.45) is 22.7 Å². The fraction of sp³-hybridized carbons (Fsp3) is 1.00. The van der Waals surface area contributed by atoms with Gasteiger partial charge < -0.3 is 10.2 Å². The Hall–Kier alpha value is -0.0800. The zero-order valence-electron chi connectivity index (χ0n) is 11.6. The van der Waals surface area contributed by atoms with Crippen molar-refractivity contribution in [1.82, 2.24) is 0 Å². The summed E-state index contributed by atoms with van der Waals surface area (Å²) in [7, 11) is 0. The molecule has 2 heteroatoms. The molecule has 16 heavy (non-hydrogen) atoms. The highest BCUT2D eigenvalue weighted by Gasteiger charge is 2.44. The molecular weight excluding hydrogens is 200 g/mol. The van der Waals surface area contributed by atoms with E-state index in [9.17, 15) is 10.2 Å². The summed E-state index contributed by atoms with van der Waals surface area (Å²) in [5.41, 5.74) is 0.145. The van der Waals surface area contributed by atoms with Crippen LogP contribution in [0.1, 0.15) is 54.4 Å². The second-order valence-electron chi connectivity index (χ2n) is 7.55. The summed E-state index contributed by atoms with van der Waals surface area (Å²) in [6.07, 6.45) is 0.916. The Morgan fingerprint density at radius 3 is 1.12 bits per heavy atom. The maximum absolute atomic E-state index is 10.2. The summed E-state index contributed by atoms with van der Waals surface area (Å²) in [5.74, 6) is 0.419. The summed E-state index contributed by atoms with van der Waals surface area (Å²) >= 11 is 0. The monoisotopic (exact) mass is 228 g/mol. The molecule has 96 valence electrons. The zero-order valence-corrected chi connectivity index (χ0v) is 11.6. The van der Waals surface area contributed by atoms with Crippen LogP contribution in [0.4, 0.5) is 0 Å². The third-order valence-electron chi connectivity index (χ3n) is 4.14. The van der Waals surface area contributed by atoms with E-state index in [1.165, 1.54) is 0 Å². The van der Waals surface area contributed by atoms with Crippen LogP contribution >= 0.6 is 0 Å². The van der Waals surface area contributed by atoms with Crippen molar-refractivity contribution in [3.05, 3.63) is 0 Å². The lowest BCUT2D eigenvalue weighted by Gasteiger charge is -2.47. The van der Waals surface area contributed by atoms with Crippen LogP contribution in [-0.2, 0) is 0 Å². The van der Waals surface area contributed by atoms with Gasteiger partial charge in [0.05, 0.1) is 12.2 Å². The van der Waals surface area contributed by atoms with Gasteiger partial charge in [-0.25, -0.2) is 0 Å². The van der Waals surface area contributed by atoms with E-state index in [1.807, 2.05) is 0 Å². The Balaban J connectivity index is 2.79. The number of aliphatic hydroxyl groups is 2. The summed E-state index contributed by atoms with van der Waals surface area (Å²) in [6, 6.07) is 0. The first-order valence-electron chi connectivity index (χ1n) is 6.39. The van der Waals surface area contributed by atoms with Crippen LogP contribution in [0.25, 0.3) is 0 Å². The summed E-state index contributed by atoms with van der Waals surface area (Å²) in [6.45, 7) is 12.9. The largest absolute Gasteiger partial charge is 0.393 e. The summed E-state index contributed by atoms with van der Waals surface area (Å²) in [4.78, 5) is 0. The fourth-order valence-corrected chi connectivity index (χ4v) is 3.02. The second-order valence-corrected chi connectivity index (χ2v) is 7.55. The Kier molecular flexibility index (Phi) is 3.76. The van der Waals surface area contributed by atoms with E-state index in [0.29, 0.717) is 0 Å². The van der Waals surface area contributed by atoms with E-state index in [1.54, 1.807) is 0 Å². The minimum Gasteiger partial charge on any atom is -0.393 e. The van der Waals surface area contributed by atoms with E-state index in [-0.39, 0.29) is 34.9 Å². The summed E-state index contributed by atoms with van der Waals surface area (Å²) < 4.78 is 0. The molecule has 2 N–H and O–H groups in total. The van der Waals surface area contributed by atoms with Gasteiger partial charge in [0, 0.05) is 0 Å². The Morgan fingerprint density at radius 2 is 0.938 bits per heavy atom. The van der Waals surface area contributed by atoms with Crippen LogP contribution in [-0.4, -0.2) is 22.4 Å². The number of hydrogen-bond acceptors (Lipinski definition) is 2. The van der Waals surface area contributed by atoms with Gasteiger partial charge in [-0.15, -0.1) is 0 Å². The first kappa shape index (κ1) is 14.0. The quantitative estimate of drug-likeness (QED) is 0.669. The maximum atomic E-state index is 10.2. The van der Waals surface area contributed by atoms with E-state index >= 15 is 0 Å². The van der Waals surface area contributed by atoms with Crippen molar-refractivity contribution in [3.63, 3.8) is 0 Å². The van der Waals surface area contributed by atoms with Crippen molar-refractivity contribution < 1.29 is 10.2 Å². The van der Waals surface area contributed by atoms with Gasteiger partial charge in [-0.2, -0.15) is 0 Å². The van der Waals surface area contributed by atoms with Gasteiger partial charge in [-0.3, -0.25) is 0 Å². The molecule has 1 fully saturated rings. The van der Waals surface area contributed by atoms with Crippen LogP contribution in [0.5, 0.6) is 0 Å². The smallest absolute Gasteiger partial charge is 0.0578 e. The predicted molar refractivity (Wildman–Crippen MR) is 67.1 cm³/mol. The lowest BCUT2D eigenvalue weighted by atomic mass is 9.62. The minimum absolute atomic E-state index is 0.0727. The molecule has 1 saturated carbocycles. The SMILES string of the molecule is CC(C)(C)C1CC(O)C(C(C)(C)C)CC1O. The molecule has 0 aliphatic heterocycles. The Bertz CT molecular complexity index is 208. The number of hydrogen-bond donors (Lipinski definition) is 2. The average Bonchev–Trinajstić information content (AvgIpc) is 2.04. The lowest BCUT2D eigenvalue weighted by molar-refractivity contribution is -0.0945. The predicted octanol–water partition coefficient (Wildman–Crippen LogP) is 2.83. The molecule has 1 aliphatic rings. The molecule has 4 unspecified atom stereocenters. The normalized spacial score (nSPS) is 37.5. The number of rotatable bonds is 0. The van der Waals surface area contributed by atoms with E-state index in [0.717, 1.165) is 12.8 Å². The molecule has 0 heterocycles. The zero-order chi connectivity index (χ0) is 12.7. The Labute approximate surface area is 100 Å². The highest BCUT2D eigenvalue weighted by atomic mass is 16.3. The summed E-state index contributed by atoms with van der Waals surface area (Å²) in [5, 5.41) is 20.5. The third kappa shape index (κ3) is 2.98. The van der Waals surface area contributed by atoms with Crippen molar-refractivity contribution in [2.45, 2.75) is 66.6 Å². The fourth-order valence-electron chi connectivity index (χ4n) is 3.02. The highest BCUT2D eigenvalue weighted by Crippen LogP contribution is 2.45. The molecule has 2 nitrogen and oxygen atoms in total. The van der Waals surface area contributed by atoms with Gasteiger partial charge in [-0.05, 0) is 35.5 Å². The molecule has 1 aliphatic carbocycles. The molecular formula is C14H28O2. The van der Waals surface area contributed by atoms with E-state index < -0.39 is 0 Å². The van der Waals surface area contributed by atoms with Crippen LogP contribution in [0, 0.1) is 22.7 Å². The molecule has 4 atom stereocenters. The highest BCUT2D eigenvalue weighted by molar-refractivity contribution is 4.94. The molecule has 0 spiro atoms. The van der Waals surface area contributed by atoms with Crippen molar-refractivity contribution in [3.8, 4) is 0 Å². The first-order chi connectivity index (χ1) is 7.03. The van der Waals surface area contributed by atoms with Crippen molar-refractivity contribution in [1.29, 1.82) is 0 Å².